The molecule has 1 N–H and O–H groups in total. The number of benzene rings is 2. The van der Waals surface area contributed by atoms with Crippen molar-refractivity contribution in [1.82, 2.24) is 5.32 Å². The zero-order valence-electron chi connectivity index (χ0n) is 14.7. The SMILES string of the molecule is COCCOCCCNC(=O)c1ccccc1C(=O)c1ccc(F)cc1. The molecule has 26 heavy (non-hydrogen) atoms. The minimum atomic E-state index is -0.416. The highest BCUT2D eigenvalue weighted by Gasteiger charge is 2.17. The molecule has 0 aliphatic rings. The van der Waals surface area contributed by atoms with Gasteiger partial charge in [-0.1, -0.05) is 18.2 Å². The average molecular weight is 359 g/mol. The van der Waals surface area contributed by atoms with Crippen LogP contribution in [0.25, 0.3) is 0 Å². The summed E-state index contributed by atoms with van der Waals surface area (Å²) in [5.41, 5.74) is 0.910. The molecule has 0 saturated carbocycles. The maximum atomic E-state index is 13.0. The molecule has 0 heterocycles. The summed E-state index contributed by atoms with van der Waals surface area (Å²) in [6, 6.07) is 11.8. The van der Waals surface area contributed by atoms with Crippen LogP contribution >= 0.6 is 0 Å². The molecule has 5 nitrogen and oxygen atoms in total. The molecule has 0 spiro atoms. The Hall–Kier alpha value is -2.57. The fourth-order valence-corrected chi connectivity index (χ4v) is 2.35. The predicted molar refractivity (Wildman–Crippen MR) is 95.9 cm³/mol. The van der Waals surface area contributed by atoms with Crippen LogP contribution in [0.3, 0.4) is 0 Å². The second-order valence-corrected chi connectivity index (χ2v) is 5.60. The Balaban J connectivity index is 1.96. The van der Waals surface area contributed by atoms with Gasteiger partial charge in [-0.25, -0.2) is 4.39 Å². The highest BCUT2D eigenvalue weighted by Crippen LogP contribution is 2.15. The lowest BCUT2D eigenvalue weighted by Crippen LogP contribution is -2.27. The molecule has 0 aromatic heterocycles. The van der Waals surface area contributed by atoms with E-state index < -0.39 is 5.82 Å². The minimum absolute atomic E-state index is 0.285. The van der Waals surface area contributed by atoms with Crippen molar-refractivity contribution in [3.05, 3.63) is 71.0 Å². The molecule has 0 aliphatic carbocycles. The van der Waals surface area contributed by atoms with Crippen molar-refractivity contribution in [2.45, 2.75) is 6.42 Å². The molecule has 0 radical (unpaired) electrons. The van der Waals surface area contributed by atoms with Crippen molar-refractivity contribution in [2.75, 3.05) is 33.5 Å². The molecule has 2 rings (SSSR count). The van der Waals surface area contributed by atoms with E-state index in [1.54, 1.807) is 31.4 Å². The number of halogens is 1. The molecule has 0 saturated heterocycles. The number of hydrogen-bond acceptors (Lipinski definition) is 4. The lowest BCUT2D eigenvalue weighted by molar-refractivity contribution is 0.0688. The van der Waals surface area contributed by atoms with E-state index in [-0.39, 0.29) is 17.3 Å². The Morgan fingerprint density at radius 1 is 0.962 bits per heavy atom. The van der Waals surface area contributed by atoms with E-state index in [9.17, 15) is 14.0 Å². The average Bonchev–Trinajstić information content (AvgIpc) is 2.67. The van der Waals surface area contributed by atoms with Crippen LogP contribution in [-0.4, -0.2) is 45.2 Å². The Morgan fingerprint density at radius 2 is 1.65 bits per heavy atom. The van der Waals surface area contributed by atoms with Gasteiger partial charge in [-0.3, -0.25) is 9.59 Å². The van der Waals surface area contributed by atoms with Crippen LogP contribution in [0.2, 0.25) is 0 Å². The van der Waals surface area contributed by atoms with Gasteiger partial charge in [-0.15, -0.1) is 0 Å². The number of nitrogens with one attached hydrogen (secondary N) is 1. The minimum Gasteiger partial charge on any atom is -0.382 e. The quantitative estimate of drug-likeness (QED) is 0.523. The monoisotopic (exact) mass is 359 g/mol. The van der Waals surface area contributed by atoms with Crippen LogP contribution in [0.1, 0.15) is 32.7 Å². The van der Waals surface area contributed by atoms with Gasteiger partial charge in [-0.2, -0.15) is 0 Å². The van der Waals surface area contributed by atoms with E-state index in [0.717, 1.165) is 0 Å². The Labute approximate surface area is 152 Å². The third-order valence-electron chi connectivity index (χ3n) is 3.71. The second-order valence-electron chi connectivity index (χ2n) is 5.60. The van der Waals surface area contributed by atoms with E-state index >= 15 is 0 Å². The number of methoxy groups -OCH3 is 1. The Kier molecular flexibility index (Phi) is 7.92. The molecule has 0 aliphatic heterocycles. The van der Waals surface area contributed by atoms with Crippen LogP contribution in [0.15, 0.2) is 48.5 Å². The molecule has 0 atom stereocenters. The fourth-order valence-electron chi connectivity index (χ4n) is 2.35. The highest BCUT2D eigenvalue weighted by molar-refractivity contribution is 6.15. The molecule has 2 aromatic rings. The van der Waals surface area contributed by atoms with Crippen LogP contribution in [0, 0.1) is 5.82 Å². The van der Waals surface area contributed by atoms with Gasteiger partial charge in [0.1, 0.15) is 5.82 Å². The van der Waals surface area contributed by atoms with Gasteiger partial charge in [0.15, 0.2) is 5.78 Å². The predicted octanol–water partition coefficient (Wildman–Crippen LogP) is 2.84. The molecular formula is C20H22FNO4. The number of hydrogen-bond donors (Lipinski definition) is 1. The smallest absolute Gasteiger partial charge is 0.252 e. The number of ketones is 1. The molecular weight excluding hydrogens is 337 g/mol. The summed E-state index contributed by atoms with van der Waals surface area (Å²) >= 11 is 0. The van der Waals surface area contributed by atoms with Crippen LogP contribution in [0.5, 0.6) is 0 Å². The Bertz CT molecular complexity index is 731. The van der Waals surface area contributed by atoms with Crippen LogP contribution in [-0.2, 0) is 9.47 Å². The first-order valence-corrected chi connectivity index (χ1v) is 8.37. The third-order valence-corrected chi connectivity index (χ3v) is 3.71. The summed E-state index contributed by atoms with van der Waals surface area (Å²) in [5, 5.41) is 2.78. The first-order chi connectivity index (χ1) is 12.6. The summed E-state index contributed by atoms with van der Waals surface area (Å²) in [7, 11) is 1.61. The number of carbonyl (C=O) groups excluding carboxylic acids is 2. The van der Waals surface area contributed by atoms with Gasteiger partial charge in [-0.05, 0) is 36.8 Å². The van der Waals surface area contributed by atoms with Crippen LogP contribution in [0.4, 0.5) is 4.39 Å². The molecule has 138 valence electrons. The first-order valence-electron chi connectivity index (χ1n) is 8.37. The first kappa shape index (κ1) is 19.8. The van der Waals surface area contributed by atoms with Crippen molar-refractivity contribution >= 4 is 11.7 Å². The Morgan fingerprint density at radius 3 is 2.35 bits per heavy atom. The standard InChI is InChI=1S/C20H22FNO4/c1-25-13-14-26-12-4-11-22-20(24)18-6-3-2-5-17(18)19(23)15-7-9-16(21)10-8-15/h2-3,5-10H,4,11-14H2,1H3,(H,22,24). The maximum absolute atomic E-state index is 13.0. The van der Waals surface area contributed by atoms with Gasteiger partial charge in [0.25, 0.3) is 5.91 Å². The van der Waals surface area contributed by atoms with Crippen molar-refractivity contribution in [3.8, 4) is 0 Å². The van der Waals surface area contributed by atoms with E-state index in [4.69, 9.17) is 9.47 Å². The van der Waals surface area contributed by atoms with E-state index in [1.165, 1.54) is 24.3 Å². The number of ether oxygens (including phenoxy) is 2. The highest BCUT2D eigenvalue weighted by atomic mass is 19.1. The summed E-state index contributed by atoms with van der Waals surface area (Å²) in [4.78, 5) is 25.0. The third kappa shape index (κ3) is 5.75. The van der Waals surface area contributed by atoms with E-state index in [0.29, 0.717) is 43.9 Å². The van der Waals surface area contributed by atoms with Crippen molar-refractivity contribution < 1.29 is 23.5 Å². The lowest BCUT2D eigenvalue weighted by atomic mass is 9.98. The summed E-state index contributed by atoms with van der Waals surface area (Å²) in [6.07, 6.45) is 0.656. The molecule has 6 heteroatoms. The molecule has 0 bridgehead atoms. The largest absolute Gasteiger partial charge is 0.382 e. The van der Waals surface area contributed by atoms with E-state index in [1.807, 2.05) is 0 Å². The molecule has 2 aromatic carbocycles. The normalized spacial score (nSPS) is 10.5. The van der Waals surface area contributed by atoms with Gasteiger partial charge in [0, 0.05) is 31.4 Å². The van der Waals surface area contributed by atoms with Gasteiger partial charge in [0.2, 0.25) is 0 Å². The van der Waals surface area contributed by atoms with Gasteiger partial charge < -0.3 is 14.8 Å². The lowest BCUT2D eigenvalue weighted by Gasteiger charge is -2.10. The van der Waals surface area contributed by atoms with Crippen molar-refractivity contribution in [3.63, 3.8) is 0 Å². The topological polar surface area (TPSA) is 64.6 Å². The molecule has 1 amide bonds. The molecule has 0 unspecified atom stereocenters. The summed E-state index contributed by atoms with van der Waals surface area (Å²) in [6.45, 7) is 2.00. The molecule has 0 fully saturated rings. The summed E-state index contributed by atoms with van der Waals surface area (Å²) in [5.74, 6) is -1.06. The van der Waals surface area contributed by atoms with E-state index in [2.05, 4.69) is 5.32 Å². The van der Waals surface area contributed by atoms with Gasteiger partial charge in [0.05, 0.1) is 18.8 Å². The number of carbonyl (C=O) groups is 2. The second kappa shape index (κ2) is 10.4. The van der Waals surface area contributed by atoms with Crippen molar-refractivity contribution in [2.24, 2.45) is 0 Å². The maximum Gasteiger partial charge on any atom is 0.252 e. The number of amides is 1. The zero-order chi connectivity index (χ0) is 18.8. The fraction of sp³-hybridized carbons (Fsp3) is 0.300. The van der Waals surface area contributed by atoms with Gasteiger partial charge >= 0.3 is 0 Å². The summed E-state index contributed by atoms with van der Waals surface area (Å²) < 4.78 is 23.2. The zero-order valence-corrected chi connectivity index (χ0v) is 14.7. The van der Waals surface area contributed by atoms with Crippen molar-refractivity contribution in [1.29, 1.82) is 0 Å². The van der Waals surface area contributed by atoms with Crippen LogP contribution < -0.4 is 5.32 Å². The number of rotatable bonds is 10.